The van der Waals surface area contributed by atoms with E-state index in [1.54, 1.807) is 12.5 Å². The molecule has 0 aliphatic heterocycles. The molecule has 1 aromatic rings. The molecule has 114 valence electrons. The summed E-state index contributed by atoms with van der Waals surface area (Å²) in [6.45, 7) is 0. The molecule has 1 aliphatic rings. The van der Waals surface area contributed by atoms with E-state index in [4.69, 9.17) is 4.42 Å². The van der Waals surface area contributed by atoms with E-state index in [1.165, 1.54) is 64.2 Å². The Morgan fingerprint density at radius 2 is 1.70 bits per heavy atom. The van der Waals surface area contributed by atoms with E-state index in [0.29, 0.717) is 11.3 Å². The van der Waals surface area contributed by atoms with Crippen LogP contribution in [0.1, 0.15) is 64.2 Å². The molecule has 0 spiro atoms. The zero-order valence-electron chi connectivity index (χ0n) is 12.6. The lowest BCUT2D eigenvalue weighted by molar-refractivity contribution is 0.423. The fourth-order valence-electron chi connectivity index (χ4n) is 3.03. The predicted molar refractivity (Wildman–Crippen MR) is 85.2 cm³/mol. The predicted octanol–water partition coefficient (Wildman–Crippen LogP) is 4.64. The lowest BCUT2D eigenvalue weighted by atomic mass is 9.97. The molecule has 0 radical (unpaired) electrons. The van der Waals surface area contributed by atoms with Crippen LogP contribution in [-0.4, -0.2) is 23.3 Å². The smallest absolute Gasteiger partial charge is 0.255 e. The van der Waals surface area contributed by atoms with Crippen molar-refractivity contribution in [3.05, 3.63) is 12.5 Å². The second-order valence-electron chi connectivity index (χ2n) is 5.76. The van der Waals surface area contributed by atoms with E-state index in [0.717, 1.165) is 5.22 Å². The molecular weight excluding hydrogens is 268 g/mol. The van der Waals surface area contributed by atoms with Gasteiger partial charge in [-0.05, 0) is 19.9 Å². The Morgan fingerprint density at radius 3 is 2.30 bits per heavy atom. The highest BCUT2D eigenvalue weighted by molar-refractivity contribution is 7.99. The van der Waals surface area contributed by atoms with Crippen LogP contribution in [0.4, 0.5) is 0 Å². The van der Waals surface area contributed by atoms with Crippen LogP contribution in [0, 0.1) is 0 Å². The summed E-state index contributed by atoms with van der Waals surface area (Å²) in [6.07, 6.45) is 17.0. The molecule has 1 aliphatic carbocycles. The second-order valence-corrected chi connectivity index (χ2v) is 6.95. The van der Waals surface area contributed by atoms with Crippen molar-refractivity contribution in [3.8, 4) is 0 Å². The zero-order valence-corrected chi connectivity index (χ0v) is 13.5. The van der Waals surface area contributed by atoms with Gasteiger partial charge in [-0.2, -0.15) is 0 Å². The average molecular weight is 296 g/mol. The number of hydrogen-bond donors (Lipinski definition) is 1. The maximum Gasteiger partial charge on any atom is 0.255 e. The maximum absolute atomic E-state index is 5.43. The SMILES string of the molecule is CNC1CCCCCCCCCCC1Sc1ncco1. The molecule has 1 fully saturated rings. The van der Waals surface area contributed by atoms with Gasteiger partial charge in [0.1, 0.15) is 6.26 Å². The Hall–Kier alpha value is -0.480. The molecular formula is C16H28N2OS. The van der Waals surface area contributed by atoms with E-state index >= 15 is 0 Å². The monoisotopic (exact) mass is 296 g/mol. The molecule has 2 atom stereocenters. The van der Waals surface area contributed by atoms with Gasteiger partial charge in [-0.25, -0.2) is 4.98 Å². The highest BCUT2D eigenvalue weighted by Gasteiger charge is 2.22. The van der Waals surface area contributed by atoms with Crippen LogP contribution < -0.4 is 5.32 Å². The average Bonchev–Trinajstić information content (AvgIpc) is 2.95. The van der Waals surface area contributed by atoms with Crippen LogP contribution in [0.15, 0.2) is 22.1 Å². The van der Waals surface area contributed by atoms with Crippen molar-refractivity contribution < 1.29 is 4.42 Å². The fraction of sp³-hybridized carbons (Fsp3) is 0.812. The molecule has 3 nitrogen and oxygen atoms in total. The molecule has 4 heteroatoms. The summed E-state index contributed by atoms with van der Waals surface area (Å²) in [7, 11) is 2.10. The molecule has 2 rings (SSSR count). The summed E-state index contributed by atoms with van der Waals surface area (Å²) in [5.74, 6) is 0. The number of hydrogen-bond acceptors (Lipinski definition) is 4. The standard InChI is InChI=1S/C16H28N2OS/c1-17-14-10-8-6-4-2-3-5-7-9-11-15(14)20-16-18-12-13-19-16/h12-15,17H,2-11H2,1H3. The Kier molecular flexibility index (Phi) is 7.52. The molecule has 2 unspecified atom stereocenters. The summed E-state index contributed by atoms with van der Waals surface area (Å²) in [4.78, 5) is 4.28. The van der Waals surface area contributed by atoms with Gasteiger partial charge in [0.2, 0.25) is 0 Å². The highest BCUT2D eigenvalue weighted by atomic mass is 32.2. The number of nitrogens with one attached hydrogen (secondary N) is 1. The van der Waals surface area contributed by atoms with Gasteiger partial charge in [0.25, 0.3) is 5.22 Å². The van der Waals surface area contributed by atoms with Crippen LogP contribution >= 0.6 is 11.8 Å². The third-order valence-corrected chi connectivity index (χ3v) is 5.51. The van der Waals surface area contributed by atoms with Crippen LogP contribution in [0.2, 0.25) is 0 Å². The maximum atomic E-state index is 5.43. The summed E-state index contributed by atoms with van der Waals surface area (Å²) >= 11 is 1.81. The number of oxazole rings is 1. The Balaban J connectivity index is 1.93. The van der Waals surface area contributed by atoms with Crippen LogP contribution in [-0.2, 0) is 0 Å². The van der Waals surface area contributed by atoms with Crippen molar-refractivity contribution in [2.75, 3.05) is 7.05 Å². The van der Waals surface area contributed by atoms with Crippen LogP contribution in [0.5, 0.6) is 0 Å². The third-order valence-electron chi connectivity index (χ3n) is 4.24. The normalized spacial score (nSPS) is 26.6. The lowest BCUT2D eigenvalue weighted by Crippen LogP contribution is -2.35. The van der Waals surface area contributed by atoms with Crippen molar-refractivity contribution >= 4 is 11.8 Å². The quantitative estimate of drug-likeness (QED) is 0.882. The molecule has 0 amide bonds. The first-order valence-electron chi connectivity index (χ1n) is 8.13. The zero-order chi connectivity index (χ0) is 14.0. The van der Waals surface area contributed by atoms with Gasteiger partial charge in [-0.15, -0.1) is 0 Å². The molecule has 1 saturated carbocycles. The summed E-state index contributed by atoms with van der Waals surface area (Å²) < 4.78 is 5.43. The van der Waals surface area contributed by atoms with Gasteiger partial charge in [0, 0.05) is 11.3 Å². The minimum Gasteiger partial charge on any atom is -0.440 e. The van der Waals surface area contributed by atoms with Gasteiger partial charge in [-0.1, -0.05) is 63.1 Å². The van der Waals surface area contributed by atoms with Crippen molar-refractivity contribution in [3.63, 3.8) is 0 Å². The first-order valence-corrected chi connectivity index (χ1v) is 9.01. The highest BCUT2D eigenvalue weighted by Crippen LogP contribution is 2.30. The van der Waals surface area contributed by atoms with Gasteiger partial charge in [-0.3, -0.25) is 0 Å². The van der Waals surface area contributed by atoms with Crippen molar-refractivity contribution in [1.29, 1.82) is 0 Å². The van der Waals surface area contributed by atoms with Gasteiger partial charge < -0.3 is 9.73 Å². The first kappa shape index (κ1) is 15.9. The number of nitrogens with zero attached hydrogens (tertiary/aromatic N) is 1. The summed E-state index contributed by atoms with van der Waals surface area (Å²) in [5.41, 5.74) is 0. The van der Waals surface area contributed by atoms with Gasteiger partial charge >= 0.3 is 0 Å². The third kappa shape index (κ3) is 5.49. The number of rotatable bonds is 3. The summed E-state index contributed by atoms with van der Waals surface area (Å²) in [6, 6.07) is 0.575. The minimum absolute atomic E-state index is 0.575. The van der Waals surface area contributed by atoms with E-state index in [-0.39, 0.29) is 0 Å². The second kappa shape index (κ2) is 9.46. The topological polar surface area (TPSA) is 38.1 Å². The molecule has 0 saturated heterocycles. The van der Waals surface area contributed by atoms with Crippen LogP contribution in [0.3, 0.4) is 0 Å². The van der Waals surface area contributed by atoms with Gasteiger partial charge in [0.05, 0.1) is 6.20 Å². The number of aromatic nitrogens is 1. The van der Waals surface area contributed by atoms with E-state index in [1.807, 2.05) is 11.8 Å². The molecule has 0 aromatic carbocycles. The fourth-order valence-corrected chi connectivity index (χ4v) is 4.24. The van der Waals surface area contributed by atoms with E-state index in [9.17, 15) is 0 Å². The van der Waals surface area contributed by atoms with Crippen molar-refractivity contribution in [2.45, 2.75) is 80.7 Å². The lowest BCUT2D eigenvalue weighted by Gasteiger charge is -2.26. The Morgan fingerprint density at radius 1 is 1.05 bits per heavy atom. The minimum atomic E-state index is 0.575. The van der Waals surface area contributed by atoms with E-state index in [2.05, 4.69) is 17.3 Å². The van der Waals surface area contributed by atoms with Gasteiger partial charge in [0.15, 0.2) is 0 Å². The summed E-state index contributed by atoms with van der Waals surface area (Å²) in [5, 5.41) is 4.93. The first-order chi connectivity index (χ1) is 9.90. The molecule has 1 N–H and O–H groups in total. The molecule has 20 heavy (non-hydrogen) atoms. The van der Waals surface area contributed by atoms with E-state index < -0.39 is 0 Å². The molecule has 0 bridgehead atoms. The largest absolute Gasteiger partial charge is 0.440 e. The Labute approximate surface area is 127 Å². The van der Waals surface area contributed by atoms with Crippen molar-refractivity contribution in [2.24, 2.45) is 0 Å². The van der Waals surface area contributed by atoms with Crippen LogP contribution in [0.25, 0.3) is 0 Å². The van der Waals surface area contributed by atoms with Crippen molar-refractivity contribution in [1.82, 2.24) is 10.3 Å². The molecule has 1 aromatic heterocycles. The number of thioether (sulfide) groups is 1. The Bertz CT molecular complexity index is 342. The molecule has 1 heterocycles.